The molecule has 0 atom stereocenters. The largest absolute Gasteiger partial charge is 2.00 e. The van der Waals surface area contributed by atoms with Crippen molar-refractivity contribution in [3.8, 4) is 11.6 Å². The number of ketones is 1. The monoisotopic (exact) mass is 630 g/mol. The van der Waals surface area contributed by atoms with Crippen molar-refractivity contribution in [3.05, 3.63) is 120 Å². The minimum Gasteiger partial charge on any atom is -0.429 e. The van der Waals surface area contributed by atoms with Gasteiger partial charge in [-0.25, -0.2) is 0 Å². The van der Waals surface area contributed by atoms with Crippen LogP contribution in [0.1, 0.15) is 68.9 Å². The van der Waals surface area contributed by atoms with E-state index in [0.717, 1.165) is 32.9 Å². The zero-order valence-corrected chi connectivity index (χ0v) is 25.7. The van der Waals surface area contributed by atoms with Gasteiger partial charge < -0.3 is 9.13 Å². The fourth-order valence-electron chi connectivity index (χ4n) is 4.90. The molecule has 0 saturated heterocycles. The topological polar surface area (TPSA) is 52.7 Å². The van der Waals surface area contributed by atoms with Crippen LogP contribution < -0.4 is 0 Å². The number of pyridine rings is 2. The average molecular weight is 631 g/mol. The van der Waals surface area contributed by atoms with Gasteiger partial charge in [-0.15, -0.1) is 35.0 Å². The minimum absolute atomic E-state index is 0. The number of hydrogen-bond acceptors (Lipinski definition) is 3. The van der Waals surface area contributed by atoms with Gasteiger partial charge >= 0.3 is 20.4 Å². The van der Waals surface area contributed by atoms with E-state index in [1.807, 2.05) is 94.1 Å². The maximum absolute atomic E-state index is 14.2. The molecule has 0 spiro atoms. The van der Waals surface area contributed by atoms with E-state index < -0.39 is 0 Å². The van der Waals surface area contributed by atoms with Gasteiger partial charge in [0.2, 0.25) is 5.78 Å². The fraction of sp³-hybridized carbons (Fsp3) is 0.229. The summed E-state index contributed by atoms with van der Waals surface area (Å²) in [7, 11) is 0. The van der Waals surface area contributed by atoms with Crippen LogP contribution in [0.2, 0.25) is 0 Å². The van der Waals surface area contributed by atoms with Gasteiger partial charge in [0, 0.05) is 0 Å². The van der Waals surface area contributed by atoms with Crippen molar-refractivity contribution < 1.29 is 25.2 Å². The number of carbonyl (C=O) groups is 1. The molecule has 2 aromatic carbocycles. The van der Waals surface area contributed by atoms with Gasteiger partial charge in [-0.05, 0) is 34.1 Å². The van der Waals surface area contributed by atoms with Gasteiger partial charge in [0.1, 0.15) is 11.4 Å². The van der Waals surface area contributed by atoms with Crippen molar-refractivity contribution in [3.63, 3.8) is 0 Å². The number of nitrogens with zero attached hydrogens (tertiary/aromatic N) is 4. The van der Waals surface area contributed by atoms with E-state index >= 15 is 0 Å². The van der Waals surface area contributed by atoms with Crippen molar-refractivity contribution in [1.82, 2.24) is 19.1 Å². The van der Waals surface area contributed by atoms with E-state index in [2.05, 4.69) is 53.9 Å². The Bertz CT molecular complexity index is 1760. The molecule has 0 aliphatic heterocycles. The van der Waals surface area contributed by atoms with E-state index in [0.29, 0.717) is 23.0 Å². The van der Waals surface area contributed by atoms with Crippen LogP contribution in [-0.4, -0.2) is 24.9 Å². The number of rotatable bonds is 4. The summed E-state index contributed by atoms with van der Waals surface area (Å²) in [6.07, 6.45) is 6.62. The Labute approximate surface area is 254 Å². The normalized spacial score (nSPS) is 12.0. The van der Waals surface area contributed by atoms with Crippen molar-refractivity contribution in [1.29, 1.82) is 0 Å². The minimum atomic E-state index is -0.215. The molecule has 0 fully saturated rings. The molecule has 5 nitrogen and oxygen atoms in total. The number of carbonyl (C=O) groups excluding carboxylic acids is 1. The standard InChI is InChI=1S/C35H32N4O.Pd/c1-34(2,3)25-19-27(36-31(21-25)38-17-15-23-11-7-9-13-29(23)38)33(40)28-20-26(35(4,5)6)22-32(37-28)39-18-16-24-12-8-10-14-30(24)39;/h7-16,19-22H,1-6H3;/q-2;+2. The molecule has 208 valence electrons. The molecular weight excluding hydrogens is 599 g/mol. The summed E-state index contributed by atoms with van der Waals surface area (Å²) in [5, 5.41) is 2.13. The Kier molecular flexibility index (Phi) is 7.36. The Balaban J connectivity index is 0.00000337. The molecule has 0 N–H and O–H groups in total. The second-order valence-corrected chi connectivity index (χ2v) is 12.4. The molecule has 0 aliphatic rings. The summed E-state index contributed by atoms with van der Waals surface area (Å²) in [6, 6.07) is 28.0. The van der Waals surface area contributed by atoms with Crippen molar-refractivity contribution in [2.24, 2.45) is 0 Å². The first-order valence-corrected chi connectivity index (χ1v) is 13.6. The summed E-state index contributed by atoms with van der Waals surface area (Å²) in [5.74, 6) is 1.11. The summed E-state index contributed by atoms with van der Waals surface area (Å²) in [6.45, 7) is 12.8. The summed E-state index contributed by atoms with van der Waals surface area (Å²) in [4.78, 5) is 24.0. The van der Waals surface area contributed by atoms with Gasteiger partial charge in [-0.3, -0.25) is 14.8 Å². The van der Waals surface area contributed by atoms with Crippen LogP contribution in [0.3, 0.4) is 0 Å². The third-order valence-corrected chi connectivity index (χ3v) is 7.33. The third-order valence-electron chi connectivity index (χ3n) is 7.33. The first kappa shape index (κ1) is 28.7. The number of aromatic nitrogens is 4. The van der Waals surface area contributed by atoms with Crippen LogP contribution in [-0.2, 0) is 31.3 Å². The Morgan fingerprint density at radius 1 is 0.634 bits per heavy atom. The van der Waals surface area contributed by atoms with Crippen LogP contribution in [0.25, 0.3) is 33.4 Å². The van der Waals surface area contributed by atoms with Gasteiger partial charge in [0.25, 0.3) is 0 Å². The molecule has 0 aliphatic carbocycles. The first-order valence-electron chi connectivity index (χ1n) is 13.6. The van der Waals surface area contributed by atoms with E-state index in [-0.39, 0.29) is 37.0 Å². The number of fused-ring (bicyclic) bond motifs is 2. The molecule has 0 unspecified atom stereocenters. The smallest absolute Gasteiger partial charge is 0.429 e. The van der Waals surface area contributed by atoms with Gasteiger partial charge in [0.05, 0.1) is 11.6 Å². The van der Waals surface area contributed by atoms with E-state index in [4.69, 9.17) is 9.97 Å². The molecule has 0 saturated carbocycles. The second kappa shape index (κ2) is 10.5. The predicted molar refractivity (Wildman–Crippen MR) is 161 cm³/mol. The molecule has 6 rings (SSSR count). The zero-order chi connectivity index (χ0) is 28.2. The Hall–Kier alpha value is -3.85. The van der Waals surface area contributed by atoms with Crippen LogP contribution in [0.5, 0.6) is 0 Å². The molecule has 4 aromatic heterocycles. The SMILES string of the molecule is CC(C)(C)c1cc(C(=O)c2cc(C(C)(C)C)cc(-n3[c-]cc4ccccc43)n2)nc(-n2[c-]cc3ccccc32)c1.[Pd+2]. The van der Waals surface area contributed by atoms with E-state index in [9.17, 15) is 4.79 Å². The summed E-state index contributed by atoms with van der Waals surface area (Å²) in [5.41, 5.74) is 4.35. The molecule has 41 heavy (non-hydrogen) atoms. The molecule has 6 aromatic rings. The summed E-state index contributed by atoms with van der Waals surface area (Å²) < 4.78 is 3.85. The number of hydrogen-bond donors (Lipinski definition) is 0. The zero-order valence-electron chi connectivity index (χ0n) is 24.1. The van der Waals surface area contributed by atoms with E-state index in [1.165, 1.54) is 0 Å². The molecule has 4 heterocycles. The van der Waals surface area contributed by atoms with Crippen LogP contribution in [0.15, 0.2) is 84.9 Å². The molecule has 0 amide bonds. The van der Waals surface area contributed by atoms with Gasteiger partial charge in [0.15, 0.2) is 0 Å². The number of benzene rings is 2. The maximum Gasteiger partial charge on any atom is 2.00 e. The fourth-order valence-corrected chi connectivity index (χ4v) is 4.90. The number of para-hydroxylation sites is 2. The van der Waals surface area contributed by atoms with Crippen molar-refractivity contribution in [2.75, 3.05) is 0 Å². The van der Waals surface area contributed by atoms with Crippen molar-refractivity contribution >= 4 is 27.6 Å². The van der Waals surface area contributed by atoms with E-state index in [1.54, 1.807) is 0 Å². The quantitative estimate of drug-likeness (QED) is 0.114. The average Bonchev–Trinajstić information content (AvgIpc) is 3.56. The third kappa shape index (κ3) is 5.43. The van der Waals surface area contributed by atoms with Gasteiger partial charge in [-0.2, -0.15) is 0 Å². The second-order valence-electron chi connectivity index (χ2n) is 12.4. The maximum atomic E-state index is 14.2. The molecule has 6 heteroatoms. The van der Waals surface area contributed by atoms with Gasteiger partial charge in [-0.1, -0.05) is 114 Å². The van der Waals surface area contributed by atoms with Crippen molar-refractivity contribution in [2.45, 2.75) is 52.4 Å². The molecular formula is C35H32N4OPd. The Morgan fingerprint density at radius 3 is 1.41 bits per heavy atom. The Morgan fingerprint density at radius 2 is 1.02 bits per heavy atom. The summed E-state index contributed by atoms with van der Waals surface area (Å²) >= 11 is 0. The first-order chi connectivity index (χ1) is 19.0. The van der Waals surface area contributed by atoms with Crippen LogP contribution in [0.4, 0.5) is 0 Å². The molecule has 0 radical (unpaired) electrons. The molecule has 0 bridgehead atoms. The van der Waals surface area contributed by atoms with Crippen LogP contribution in [0, 0.1) is 12.4 Å². The predicted octanol–water partition coefficient (Wildman–Crippen LogP) is 7.79. The van der Waals surface area contributed by atoms with Crippen LogP contribution >= 0.6 is 0 Å².